The van der Waals surface area contributed by atoms with Gasteiger partial charge in [0.15, 0.2) is 14.0 Å². The number of imidazole rings is 1. The zero-order chi connectivity index (χ0) is 18.0. The van der Waals surface area contributed by atoms with E-state index in [9.17, 15) is 4.79 Å². The molecule has 8 heteroatoms. The Morgan fingerprint density at radius 3 is 2.67 bits per heavy atom. The molecule has 0 saturated carbocycles. The molecule has 2 heterocycles. The first kappa shape index (κ1) is 18.5. The highest BCUT2D eigenvalue weighted by atomic mass is 28.4. The van der Waals surface area contributed by atoms with Crippen LogP contribution in [0.2, 0.25) is 18.1 Å². The van der Waals surface area contributed by atoms with E-state index in [1.165, 1.54) is 13.3 Å². The maximum Gasteiger partial charge on any atom is 0.303 e. The lowest BCUT2D eigenvalue weighted by molar-refractivity contribution is -0.142. The van der Waals surface area contributed by atoms with Crippen molar-refractivity contribution in [3.63, 3.8) is 0 Å². The van der Waals surface area contributed by atoms with Crippen molar-refractivity contribution in [1.29, 1.82) is 0 Å². The lowest BCUT2D eigenvalue weighted by atomic mass is 10.2. The van der Waals surface area contributed by atoms with Crippen LogP contribution < -0.4 is 0 Å². The summed E-state index contributed by atoms with van der Waals surface area (Å²) in [7, 11) is -1.81. The van der Waals surface area contributed by atoms with Crippen molar-refractivity contribution in [2.45, 2.75) is 59.0 Å². The molecule has 2 aromatic heterocycles. The van der Waals surface area contributed by atoms with Crippen LogP contribution in [0.5, 0.6) is 0 Å². The molecule has 0 N–H and O–H groups in total. The van der Waals surface area contributed by atoms with Crippen LogP contribution in [-0.2, 0) is 27.1 Å². The number of esters is 1. The number of carbonyl (C=O) groups is 1. The molecule has 24 heavy (non-hydrogen) atoms. The van der Waals surface area contributed by atoms with Gasteiger partial charge in [-0.25, -0.2) is 15.0 Å². The molecule has 0 atom stereocenters. The van der Waals surface area contributed by atoms with Gasteiger partial charge in [0.2, 0.25) is 0 Å². The molecule has 0 saturated heterocycles. The molecule has 0 aliphatic heterocycles. The van der Waals surface area contributed by atoms with Gasteiger partial charge in [-0.3, -0.25) is 4.79 Å². The lowest BCUT2D eigenvalue weighted by Crippen LogP contribution is -2.41. The molecular formula is C16H26N4O3Si. The Balaban J connectivity index is 2.17. The zero-order valence-electron chi connectivity index (χ0n) is 15.3. The molecule has 0 fully saturated rings. The normalized spacial score (nSPS) is 12.6. The first-order chi connectivity index (χ1) is 11.1. The predicted octanol–water partition coefficient (Wildman–Crippen LogP) is 2.91. The average Bonchev–Trinajstić information content (AvgIpc) is 2.82. The Labute approximate surface area is 143 Å². The van der Waals surface area contributed by atoms with Gasteiger partial charge < -0.3 is 13.7 Å². The van der Waals surface area contributed by atoms with Crippen molar-refractivity contribution in [3.05, 3.63) is 18.3 Å². The molecule has 7 nitrogen and oxygen atoms in total. The van der Waals surface area contributed by atoms with E-state index in [4.69, 9.17) is 9.16 Å². The highest BCUT2D eigenvalue weighted by Crippen LogP contribution is 2.36. The van der Waals surface area contributed by atoms with E-state index < -0.39 is 8.32 Å². The van der Waals surface area contributed by atoms with E-state index >= 15 is 0 Å². The van der Waals surface area contributed by atoms with Gasteiger partial charge in [-0.1, -0.05) is 20.8 Å². The second kappa shape index (κ2) is 6.98. The van der Waals surface area contributed by atoms with E-state index in [0.29, 0.717) is 24.5 Å². The molecular weight excluding hydrogens is 324 g/mol. The monoisotopic (exact) mass is 350 g/mol. The summed E-state index contributed by atoms with van der Waals surface area (Å²) in [5.41, 5.74) is 1.41. The van der Waals surface area contributed by atoms with Gasteiger partial charge in [0.1, 0.15) is 24.3 Å². The summed E-state index contributed by atoms with van der Waals surface area (Å²) in [6, 6.07) is 0. The smallest absolute Gasteiger partial charge is 0.303 e. The molecule has 132 valence electrons. The van der Waals surface area contributed by atoms with Crippen molar-refractivity contribution < 1.29 is 14.0 Å². The summed E-state index contributed by atoms with van der Waals surface area (Å²) in [5.74, 6) is 0.316. The third-order valence-electron chi connectivity index (χ3n) is 4.48. The number of fused-ring (bicyclic) bond motifs is 1. The summed E-state index contributed by atoms with van der Waals surface area (Å²) in [6.45, 7) is 13.8. The molecule has 2 rings (SSSR count). The minimum atomic E-state index is -1.81. The van der Waals surface area contributed by atoms with Gasteiger partial charge in [0.05, 0.1) is 12.8 Å². The molecule has 0 spiro atoms. The van der Waals surface area contributed by atoms with Crippen LogP contribution in [0.1, 0.15) is 33.5 Å². The van der Waals surface area contributed by atoms with E-state index in [1.54, 1.807) is 6.20 Å². The standard InChI is InChI=1S/C16H26N4O3Si/c1-12(21)22-10-14-19-13-9-17-11-18-15(13)20(14)7-8-23-24(5,6)16(2,3)4/h9,11H,7-8,10H2,1-6H3. The molecule has 0 amide bonds. The average molecular weight is 350 g/mol. The number of hydrogen-bond donors (Lipinski definition) is 0. The van der Waals surface area contributed by atoms with E-state index in [2.05, 4.69) is 48.8 Å². The predicted molar refractivity (Wildman–Crippen MR) is 93.9 cm³/mol. The van der Waals surface area contributed by atoms with Crippen LogP contribution in [0, 0.1) is 0 Å². The summed E-state index contributed by atoms with van der Waals surface area (Å²) >= 11 is 0. The first-order valence-corrected chi connectivity index (χ1v) is 10.9. The number of aromatic nitrogens is 4. The quantitative estimate of drug-likeness (QED) is 0.589. The number of carbonyl (C=O) groups excluding carboxylic acids is 1. The Hall–Kier alpha value is -1.80. The van der Waals surface area contributed by atoms with Crippen molar-refractivity contribution in [3.8, 4) is 0 Å². The van der Waals surface area contributed by atoms with Crippen LogP contribution in [-0.4, -0.2) is 40.4 Å². The van der Waals surface area contributed by atoms with Gasteiger partial charge in [-0.15, -0.1) is 0 Å². The Morgan fingerprint density at radius 1 is 1.33 bits per heavy atom. The van der Waals surface area contributed by atoms with Crippen molar-refractivity contribution in [2.75, 3.05) is 6.61 Å². The van der Waals surface area contributed by atoms with Crippen molar-refractivity contribution in [1.82, 2.24) is 19.5 Å². The molecule has 0 aliphatic carbocycles. The highest BCUT2D eigenvalue weighted by molar-refractivity contribution is 6.74. The Bertz CT molecular complexity index is 722. The second-order valence-corrected chi connectivity index (χ2v) is 12.1. The fourth-order valence-corrected chi connectivity index (χ4v) is 3.08. The van der Waals surface area contributed by atoms with Crippen LogP contribution in [0.3, 0.4) is 0 Å². The molecule has 0 aromatic carbocycles. The number of ether oxygens (including phenoxy) is 1. The second-order valence-electron chi connectivity index (χ2n) is 7.30. The van der Waals surface area contributed by atoms with Crippen molar-refractivity contribution in [2.24, 2.45) is 0 Å². The third kappa shape index (κ3) is 4.18. The summed E-state index contributed by atoms with van der Waals surface area (Å²) in [6.07, 6.45) is 3.15. The fourth-order valence-electron chi connectivity index (χ4n) is 2.04. The molecule has 0 aliphatic rings. The van der Waals surface area contributed by atoms with Crippen LogP contribution >= 0.6 is 0 Å². The molecule has 0 unspecified atom stereocenters. The SMILES string of the molecule is CC(=O)OCc1nc2cncnc2n1CCO[Si](C)(C)C(C)(C)C. The lowest BCUT2D eigenvalue weighted by Gasteiger charge is -2.36. The summed E-state index contributed by atoms with van der Waals surface area (Å²) in [4.78, 5) is 23.9. The maximum absolute atomic E-state index is 11.1. The zero-order valence-corrected chi connectivity index (χ0v) is 16.3. The number of nitrogens with zero attached hydrogens (tertiary/aromatic N) is 4. The number of rotatable bonds is 6. The van der Waals surface area contributed by atoms with E-state index in [0.717, 1.165) is 5.65 Å². The van der Waals surface area contributed by atoms with Gasteiger partial charge in [0, 0.05) is 13.5 Å². The van der Waals surface area contributed by atoms with E-state index in [-0.39, 0.29) is 17.6 Å². The molecule has 0 radical (unpaired) electrons. The van der Waals surface area contributed by atoms with Gasteiger partial charge in [0.25, 0.3) is 0 Å². The van der Waals surface area contributed by atoms with Crippen LogP contribution in [0.25, 0.3) is 11.2 Å². The Kier molecular flexibility index (Phi) is 5.39. The summed E-state index contributed by atoms with van der Waals surface area (Å²) < 4.78 is 13.3. The molecule has 2 aromatic rings. The number of hydrogen-bond acceptors (Lipinski definition) is 6. The topological polar surface area (TPSA) is 79.1 Å². The third-order valence-corrected chi connectivity index (χ3v) is 9.02. The molecule has 0 bridgehead atoms. The van der Waals surface area contributed by atoms with Gasteiger partial charge in [-0.2, -0.15) is 0 Å². The maximum atomic E-state index is 11.1. The van der Waals surface area contributed by atoms with Crippen LogP contribution in [0.4, 0.5) is 0 Å². The highest BCUT2D eigenvalue weighted by Gasteiger charge is 2.36. The van der Waals surface area contributed by atoms with Gasteiger partial charge >= 0.3 is 5.97 Å². The largest absolute Gasteiger partial charge is 0.458 e. The van der Waals surface area contributed by atoms with Crippen molar-refractivity contribution >= 4 is 25.5 Å². The van der Waals surface area contributed by atoms with E-state index in [1.807, 2.05) is 4.57 Å². The Morgan fingerprint density at radius 2 is 2.04 bits per heavy atom. The minimum Gasteiger partial charge on any atom is -0.458 e. The summed E-state index contributed by atoms with van der Waals surface area (Å²) in [5, 5.41) is 0.159. The first-order valence-electron chi connectivity index (χ1n) is 8.04. The van der Waals surface area contributed by atoms with Gasteiger partial charge in [-0.05, 0) is 18.1 Å². The minimum absolute atomic E-state index is 0.117. The fraction of sp³-hybridized carbons (Fsp3) is 0.625. The van der Waals surface area contributed by atoms with Crippen LogP contribution in [0.15, 0.2) is 12.5 Å².